The minimum Gasteiger partial charge on any atom is -0.280 e. The number of fused-ring (bicyclic) bond motifs is 1. The fourth-order valence-electron chi connectivity index (χ4n) is 3.11. The maximum Gasteiger partial charge on any atom is 0.263 e. The summed E-state index contributed by atoms with van der Waals surface area (Å²) in [5.74, 6) is 0.0991. The molecule has 0 aromatic heterocycles. The van der Waals surface area contributed by atoms with E-state index in [1.54, 1.807) is 12.1 Å². The van der Waals surface area contributed by atoms with Gasteiger partial charge < -0.3 is 0 Å². The molecule has 0 amide bonds. The molecule has 0 spiro atoms. The third-order valence-electron chi connectivity index (χ3n) is 4.47. The van der Waals surface area contributed by atoms with E-state index in [1.165, 1.54) is 22.5 Å². The third-order valence-corrected chi connectivity index (χ3v) is 8.59. The molecule has 0 unspecified atom stereocenters. The quantitative estimate of drug-likeness (QED) is 0.705. The first-order chi connectivity index (χ1) is 13.1. The first-order valence-electron chi connectivity index (χ1n) is 8.70. The molecule has 3 rings (SSSR count). The molecule has 0 radical (unpaired) electrons. The van der Waals surface area contributed by atoms with Gasteiger partial charge in [-0.3, -0.25) is 4.72 Å². The Bertz CT molecular complexity index is 1100. The van der Waals surface area contributed by atoms with Gasteiger partial charge in [0.2, 0.25) is 10.0 Å². The number of hydrogen-bond acceptors (Lipinski definition) is 4. The van der Waals surface area contributed by atoms with E-state index >= 15 is 0 Å². The fraction of sp³-hybridized carbons (Fsp3) is 0.333. The molecule has 0 atom stereocenters. The highest BCUT2D eigenvalue weighted by atomic mass is 35.5. The van der Waals surface area contributed by atoms with Crippen LogP contribution < -0.4 is 4.72 Å². The molecule has 1 aliphatic rings. The molecule has 152 valence electrons. The Balaban J connectivity index is 1.87. The predicted molar refractivity (Wildman–Crippen MR) is 112 cm³/mol. The van der Waals surface area contributed by atoms with E-state index in [9.17, 15) is 16.8 Å². The molecule has 28 heavy (non-hydrogen) atoms. The van der Waals surface area contributed by atoms with E-state index in [0.29, 0.717) is 25.1 Å². The van der Waals surface area contributed by atoms with Crippen molar-refractivity contribution < 1.29 is 16.8 Å². The summed E-state index contributed by atoms with van der Waals surface area (Å²) in [5, 5.41) is 0.318. The number of benzene rings is 2. The van der Waals surface area contributed by atoms with E-state index in [-0.39, 0.29) is 27.2 Å². The summed E-state index contributed by atoms with van der Waals surface area (Å²) in [5.41, 5.74) is 2.12. The highest BCUT2D eigenvalue weighted by Crippen LogP contribution is 2.29. The highest BCUT2D eigenvalue weighted by Gasteiger charge is 2.26. The average molecular weight is 463 g/mol. The number of anilines is 1. The number of rotatable bonds is 6. The largest absolute Gasteiger partial charge is 0.280 e. The zero-order valence-corrected chi connectivity index (χ0v) is 18.3. The van der Waals surface area contributed by atoms with Crippen LogP contribution in [0.5, 0.6) is 0 Å². The molecule has 6 nitrogen and oxygen atoms in total. The monoisotopic (exact) mass is 462 g/mol. The number of hydrogen-bond donors (Lipinski definition) is 1. The van der Waals surface area contributed by atoms with Crippen molar-refractivity contribution in [2.75, 3.05) is 17.0 Å². The molecular weight excluding hydrogens is 443 g/mol. The van der Waals surface area contributed by atoms with Crippen LogP contribution in [0.2, 0.25) is 10.0 Å². The second-order valence-corrected chi connectivity index (χ2v) is 11.1. The van der Waals surface area contributed by atoms with E-state index in [0.717, 1.165) is 11.1 Å². The lowest BCUT2D eigenvalue weighted by molar-refractivity contribution is 0.391. The van der Waals surface area contributed by atoms with Gasteiger partial charge in [-0.1, -0.05) is 36.2 Å². The van der Waals surface area contributed by atoms with Gasteiger partial charge in [-0.15, -0.1) is 0 Å². The van der Waals surface area contributed by atoms with Gasteiger partial charge in [0.15, 0.2) is 0 Å². The van der Waals surface area contributed by atoms with Crippen LogP contribution >= 0.6 is 23.2 Å². The summed E-state index contributed by atoms with van der Waals surface area (Å²) in [6, 6.07) is 9.35. The number of sulfonamides is 2. The van der Waals surface area contributed by atoms with E-state index in [4.69, 9.17) is 23.2 Å². The van der Waals surface area contributed by atoms with Crippen LogP contribution in [0, 0.1) is 0 Å². The number of nitrogens with zero attached hydrogens (tertiary/aromatic N) is 1. The van der Waals surface area contributed by atoms with Crippen LogP contribution in [0.25, 0.3) is 0 Å². The molecule has 0 saturated heterocycles. The maximum absolute atomic E-state index is 12.7. The summed E-state index contributed by atoms with van der Waals surface area (Å²) in [6.07, 6.45) is 1.14. The van der Waals surface area contributed by atoms with Crippen LogP contribution in [0.3, 0.4) is 0 Å². The van der Waals surface area contributed by atoms with Crippen molar-refractivity contribution in [1.82, 2.24) is 4.31 Å². The Hall–Kier alpha value is -1.32. The molecule has 2 aromatic carbocycles. The van der Waals surface area contributed by atoms with Crippen LogP contribution in [0.1, 0.15) is 24.5 Å². The van der Waals surface area contributed by atoms with Crippen molar-refractivity contribution in [3.05, 3.63) is 57.6 Å². The van der Waals surface area contributed by atoms with Crippen molar-refractivity contribution in [2.24, 2.45) is 0 Å². The molecule has 2 aromatic rings. The Morgan fingerprint density at radius 3 is 2.50 bits per heavy atom. The van der Waals surface area contributed by atoms with Crippen LogP contribution in [-0.2, 0) is 33.0 Å². The van der Waals surface area contributed by atoms with Crippen molar-refractivity contribution in [2.45, 2.75) is 31.2 Å². The minimum atomic E-state index is -3.94. The highest BCUT2D eigenvalue weighted by molar-refractivity contribution is 7.92. The Labute approximate surface area is 175 Å². The normalized spacial score (nSPS) is 15.2. The summed E-state index contributed by atoms with van der Waals surface area (Å²) in [7, 11) is -7.26. The van der Waals surface area contributed by atoms with E-state index in [1.807, 2.05) is 13.0 Å². The van der Waals surface area contributed by atoms with Crippen LogP contribution in [0.15, 0.2) is 41.3 Å². The molecule has 0 bridgehead atoms. The molecule has 1 aliphatic heterocycles. The maximum atomic E-state index is 12.7. The van der Waals surface area contributed by atoms with Gasteiger partial charge in [0.05, 0.1) is 10.8 Å². The molecular formula is C18H20Cl2N2O4S2. The first kappa shape index (κ1) is 21.4. The Morgan fingerprint density at radius 1 is 1.04 bits per heavy atom. The summed E-state index contributed by atoms with van der Waals surface area (Å²) in [6.45, 7) is 2.48. The zero-order chi connectivity index (χ0) is 20.5. The van der Waals surface area contributed by atoms with Crippen molar-refractivity contribution >= 4 is 48.9 Å². The van der Waals surface area contributed by atoms with E-state index < -0.39 is 20.0 Å². The summed E-state index contributed by atoms with van der Waals surface area (Å²) >= 11 is 11.9. The Kier molecular flexibility index (Phi) is 6.26. The fourth-order valence-corrected chi connectivity index (χ4v) is 6.40. The lowest BCUT2D eigenvalue weighted by atomic mass is 10.0. The second kappa shape index (κ2) is 8.20. The smallest absolute Gasteiger partial charge is 0.263 e. The van der Waals surface area contributed by atoms with E-state index in [2.05, 4.69) is 4.72 Å². The number of halogens is 2. The molecule has 0 aliphatic carbocycles. The van der Waals surface area contributed by atoms with Crippen molar-refractivity contribution in [1.29, 1.82) is 0 Å². The predicted octanol–water partition coefficient (Wildman–Crippen LogP) is 3.89. The molecule has 1 heterocycles. The van der Waals surface area contributed by atoms with Gasteiger partial charge in [-0.25, -0.2) is 16.8 Å². The summed E-state index contributed by atoms with van der Waals surface area (Å²) < 4.78 is 54.0. The topological polar surface area (TPSA) is 83.6 Å². The molecule has 1 N–H and O–H groups in total. The summed E-state index contributed by atoms with van der Waals surface area (Å²) in [4.78, 5) is -0.119. The van der Waals surface area contributed by atoms with Gasteiger partial charge in [0, 0.05) is 23.8 Å². The first-order valence-corrected chi connectivity index (χ1v) is 12.5. The molecule has 0 saturated carbocycles. The SMILES string of the molecule is CCCS(=O)(=O)N1CCc2ccc(NS(=O)(=O)c3cc(Cl)ccc3Cl)cc2C1. The lowest BCUT2D eigenvalue weighted by Crippen LogP contribution is -2.37. The second-order valence-electron chi connectivity index (χ2n) is 6.56. The molecule has 0 fully saturated rings. The van der Waals surface area contributed by atoms with Gasteiger partial charge in [0.25, 0.3) is 10.0 Å². The average Bonchev–Trinajstić information content (AvgIpc) is 2.62. The van der Waals surface area contributed by atoms with Gasteiger partial charge in [-0.2, -0.15) is 4.31 Å². The van der Waals surface area contributed by atoms with Crippen LogP contribution in [-0.4, -0.2) is 33.4 Å². The van der Waals surface area contributed by atoms with Crippen molar-refractivity contribution in [3.8, 4) is 0 Å². The standard InChI is InChI=1S/C18H20Cl2N2O4S2/c1-2-9-27(23,24)22-8-7-13-3-5-16(10-14(13)12-22)21-28(25,26)18-11-15(19)4-6-17(18)20/h3-6,10-11,21H,2,7-9,12H2,1H3. The van der Waals surface area contributed by atoms with Gasteiger partial charge >= 0.3 is 0 Å². The lowest BCUT2D eigenvalue weighted by Gasteiger charge is -2.28. The molecule has 10 heteroatoms. The zero-order valence-electron chi connectivity index (χ0n) is 15.2. The van der Waals surface area contributed by atoms with Crippen LogP contribution in [0.4, 0.5) is 5.69 Å². The Morgan fingerprint density at radius 2 is 1.79 bits per heavy atom. The van der Waals surface area contributed by atoms with Gasteiger partial charge in [-0.05, 0) is 54.3 Å². The third kappa shape index (κ3) is 4.63. The minimum absolute atomic E-state index is 0.0618. The van der Waals surface area contributed by atoms with Crippen molar-refractivity contribution in [3.63, 3.8) is 0 Å². The van der Waals surface area contributed by atoms with Gasteiger partial charge in [0.1, 0.15) is 4.90 Å². The number of nitrogens with one attached hydrogen (secondary N) is 1.